The number of nitrogens with zero attached hydrogens (tertiary/aromatic N) is 2. The van der Waals surface area contributed by atoms with Gasteiger partial charge in [0, 0.05) is 24.5 Å². The van der Waals surface area contributed by atoms with Crippen LogP contribution in [0.2, 0.25) is 0 Å². The van der Waals surface area contributed by atoms with Crippen molar-refractivity contribution in [3.05, 3.63) is 23.5 Å². The van der Waals surface area contributed by atoms with Gasteiger partial charge in [-0.3, -0.25) is 0 Å². The van der Waals surface area contributed by atoms with E-state index in [1.54, 1.807) is 0 Å². The van der Waals surface area contributed by atoms with Gasteiger partial charge in [0.25, 0.3) is 0 Å². The number of hydrogen-bond acceptors (Lipinski definition) is 2. The van der Waals surface area contributed by atoms with Gasteiger partial charge >= 0.3 is 0 Å². The number of aryl methyl sites for hydroxylation is 1. The van der Waals surface area contributed by atoms with Gasteiger partial charge in [0.05, 0.1) is 5.71 Å². The lowest BCUT2D eigenvalue weighted by Gasteiger charge is -2.13. The first kappa shape index (κ1) is 7.40. The van der Waals surface area contributed by atoms with Gasteiger partial charge in [0.1, 0.15) is 0 Å². The van der Waals surface area contributed by atoms with Crippen molar-refractivity contribution in [2.24, 2.45) is 12.2 Å². The van der Waals surface area contributed by atoms with Crippen molar-refractivity contribution in [1.82, 2.24) is 4.57 Å². The van der Waals surface area contributed by atoms with Gasteiger partial charge in [-0.25, -0.2) is 0 Å². The summed E-state index contributed by atoms with van der Waals surface area (Å²) in [4.78, 5) is 0. The van der Waals surface area contributed by atoms with Crippen LogP contribution in [0.3, 0.4) is 0 Å². The third kappa shape index (κ3) is 0.932. The van der Waals surface area contributed by atoms with E-state index in [1.165, 1.54) is 5.69 Å². The van der Waals surface area contributed by atoms with Crippen LogP contribution >= 0.6 is 0 Å². The SMILES string of the molecule is Cn1ccc2c1CCC/C2=N/O. The van der Waals surface area contributed by atoms with E-state index in [0.717, 1.165) is 30.5 Å². The van der Waals surface area contributed by atoms with Crippen LogP contribution in [0.1, 0.15) is 24.1 Å². The molecule has 1 aromatic heterocycles. The summed E-state index contributed by atoms with van der Waals surface area (Å²) in [7, 11) is 2.03. The number of aromatic nitrogens is 1. The molecule has 0 aromatic carbocycles. The molecular formula is C9H12N2O. The van der Waals surface area contributed by atoms with Gasteiger partial charge in [0.2, 0.25) is 0 Å². The van der Waals surface area contributed by atoms with Crippen LogP contribution in [0.4, 0.5) is 0 Å². The molecule has 0 radical (unpaired) electrons. The number of rotatable bonds is 0. The molecule has 0 unspecified atom stereocenters. The van der Waals surface area contributed by atoms with Gasteiger partial charge in [-0.2, -0.15) is 0 Å². The average Bonchev–Trinajstić information content (AvgIpc) is 2.48. The van der Waals surface area contributed by atoms with E-state index in [-0.39, 0.29) is 0 Å². The number of hydrogen-bond donors (Lipinski definition) is 1. The molecule has 0 spiro atoms. The molecular weight excluding hydrogens is 152 g/mol. The van der Waals surface area contributed by atoms with E-state index in [9.17, 15) is 0 Å². The zero-order valence-electron chi connectivity index (χ0n) is 7.12. The first-order chi connectivity index (χ1) is 5.83. The molecule has 0 saturated heterocycles. The van der Waals surface area contributed by atoms with E-state index in [0.29, 0.717) is 0 Å². The van der Waals surface area contributed by atoms with Gasteiger partial charge in [-0.05, 0) is 25.3 Å². The average molecular weight is 164 g/mol. The monoisotopic (exact) mass is 164 g/mol. The van der Waals surface area contributed by atoms with Crippen molar-refractivity contribution in [3.63, 3.8) is 0 Å². The summed E-state index contributed by atoms with van der Waals surface area (Å²) in [5.74, 6) is 0. The smallest absolute Gasteiger partial charge is 0.0885 e. The van der Waals surface area contributed by atoms with Crippen LogP contribution in [-0.2, 0) is 13.5 Å². The fourth-order valence-electron chi connectivity index (χ4n) is 1.80. The summed E-state index contributed by atoms with van der Waals surface area (Å²) < 4.78 is 2.10. The van der Waals surface area contributed by atoms with Crippen molar-refractivity contribution < 1.29 is 5.21 Å². The van der Waals surface area contributed by atoms with E-state index in [4.69, 9.17) is 5.21 Å². The Hall–Kier alpha value is -1.25. The van der Waals surface area contributed by atoms with Gasteiger partial charge in [0.15, 0.2) is 0 Å². The Morgan fingerprint density at radius 3 is 3.08 bits per heavy atom. The second-order valence-electron chi connectivity index (χ2n) is 3.19. The predicted molar refractivity (Wildman–Crippen MR) is 46.7 cm³/mol. The maximum absolute atomic E-state index is 8.73. The highest BCUT2D eigenvalue weighted by Gasteiger charge is 2.17. The lowest BCUT2D eigenvalue weighted by atomic mass is 9.96. The molecule has 12 heavy (non-hydrogen) atoms. The molecule has 1 aliphatic carbocycles. The standard InChI is InChI=1S/C9H12N2O/c1-11-6-5-7-8(10-12)3-2-4-9(7)11/h5-6,12H,2-4H2,1H3/b10-8-. The van der Waals surface area contributed by atoms with Crippen LogP contribution in [0.5, 0.6) is 0 Å². The van der Waals surface area contributed by atoms with Crippen LogP contribution < -0.4 is 0 Å². The van der Waals surface area contributed by atoms with Gasteiger partial charge in [-0.1, -0.05) is 5.16 Å². The molecule has 1 aromatic rings. The summed E-state index contributed by atoms with van der Waals surface area (Å²) in [5.41, 5.74) is 3.23. The Balaban J connectivity index is 2.53. The lowest BCUT2D eigenvalue weighted by molar-refractivity contribution is 0.317. The highest BCUT2D eigenvalue weighted by Crippen LogP contribution is 2.21. The molecule has 0 fully saturated rings. The van der Waals surface area contributed by atoms with Crippen molar-refractivity contribution in [3.8, 4) is 0 Å². The van der Waals surface area contributed by atoms with Crippen LogP contribution in [0, 0.1) is 0 Å². The van der Waals surface area contributed by atoms with Crippen molar-refractivity contribution in [2.75, 3.05) is 0 Å². The molecule has 1 aliphatic rings. The third-order valence-electron chi connectivity index (χ3n) is 2.46. The Labute approximate surface area is 71.3 Å². The highest BCUT2D eigenvalue weighted by molar-refractivity contribution is 6.02. The van der Waals surface area contributed by atoms with E-state index in [2.05, 4.69) is 9.72 Å². The Morgan fingerprint density at radius 2 is 2.33 bits per heavy atom. The van der Waals surface area contributed by atoms with Crippen molar-refractivity contribution in [2.45, 2.75) is 19.3 Å². The molecule has 0 atom stereocenters. The summed E-state index contributed by atoms with van der Waals surface area (Å²) in [6, 6.07) is 2.02. The van der Waals surface area contributed by atoms with Crippen molar-refractivity contribution in [1.29, 1.82) is 0 Å². The summed E-state index contributed by atoms with van der Waals surface area (Å²) >= 11 is 0. The minimum absolute atomic E-state index is 0.830. The Kier molecular flexibility index (Phi) is 1.64. The third-order valence-corrected chi connectivity index (χ3v) is 2.46. The summed E-state index contributed by atoms with van der Waals surface area (Å²) in [6.07, 6.45) is 5.09. The summed E-state index contributed by atoms with van der Waals surface area (Å²) in [6.45, 7) is 0. The second kappa shape index (κ2) is 2.66. The van der Waals surface area contributed by atoms with Gasteiger partial charge < -0.3 is 9.77 Å². The van der Waals surface area contributed by atoms with Gasteiger partial charge in [-0.15, -0.1) is 0 Å². The molecule has 1 N–H and O–H groups in total. The molecule has 0 aliphatic heterocycles. The second-order valence-corrected chi connectivity index (χ2v) is 3.19. The Morgan fingerprint density at radius 1 is 1.50 bits per heavy atom. The maximum Gasteiger partial charge on any atom is 0.0885 e. The zero-order chi connectivity index (χ0) is 8.55. The predicted octanol–water partition coefficient (Wildman–Crippen LogP) is 1.54. The first-order valence-electron chi connectivity index (χ1n) is 4.18. The molecule has 3 nitrogen and oxygen atoms in total. The lowest BCUT2D eigenvalue weighted by Crippen LogP contribution is -2.12. The van der Waals surface area contributed by atoms with Crippen molar-refractivity contribution >= 4 is 5.71 Å². The molecule has 64 valence electrons. The molecule has 1 heterocycles. The molecule has 0 amide bonds. The minimum atomic E-state index is 0.830. The number of fused-ring (bicyclic) bond motifs is 1. The van der Waals surface area contributed by atoms with Crippen LogP contribution in [0.15, 0.2) is 17.4 Å². The quantitative estimate of drug-likeness (QED) is 0.458. The normalized spacial score (nSPS) is 19.6. The molecule has 0 bridgehead atoms. The van der Waals surface area contributed by atoms with E-state index < -0.39 is 0 Å². The van der Waals surface area contributed by atoms with E-state index >= 15 is 0 Å². The fourth-order valence-corrected chi connectivity index (χ4v) is 1.80. The number of oxime groups is 1. The van der Waals surface area contributed by atoms with Crippen LogP contribution in [-0.4, -0.2) is 15.5 Å². The first-order valence-corrected chi connectivity index (χ1v) is 4.18. The maximum atomic E-state index is 8.73. The summed E-state index contributed by atoms with van der Waals surface area (Å²) in [5, 5.41) is 12.0. The van der Waals surface area contributed by atoms with E-state index in [1.807, 2.05) is 19.3 Å². The largest absolute Gasteiger partial charge is 0.411 e. The zero-order valence-corrected chi connectivity index (χ0v) is 7.12. The topological polar surface area (TPSA) is 37.5 Å². The Bertz CT molecular complexity index is 325. The highest BCUT2D eigenvalue weighted by atomic mass is 16.4. The molecule has 0 saturated carbocycles. The minimum Gasteiger partial charge on any atom is -0.411 e. The fraction of sp³-hybridized carbons (Fsp3) is 0.444. The molecule has 3 heteroatoms. The van der Waals surface area contributed by atoms with Crippen LogP contribution in [0.25, 0.3) is 0 Å². The molecule has 2 rings (SSSR count).